The lowest BCUT2D eigenvalue weighted by molar-refractivity contribution is 0.0110. The minimum atomic E-state index is -0.954. The minimum absolute atomic E-state index is 0.301. The molecule has 194 valence electrons. The van der Waals surface area contributed by atoms with Gasteiger partial charge in [-0.25, -0.2) is 4.99 Å². The van der Waals surface area contributed by atoms with E-state index < -0.39 is 10.2 Å². The van der Waals surface area contributed by atoms with E-state index in [2.05, 4.69) is 100 Å². The first-order valence-electron chi connectivity index (χ1n) is 12.6. The van der Waals surface area contributed by atoms with E-state index in [0.29, 0.717) is 12.4 Å². The molecule has 2 atom stereocenters. The number of rotatable bonds is 6. The minimum Gasteiger partial charge on any atom is -0.370 e. The molecule has 2 aromatic rings. The van der Waals surface area contributed by atoms with Gasteiger partial charge in [-0.3, -0.25) is 19.6 Å². The summed E-state index contributed by atoms with van der Waals surface area (Å²) in [6.45, 7) is 8.89. The van der Waals surface area contributed by atoms with Crippen molar-refractivity contribution in [2.24, 2.45) is 10.7 Å². The Hall–Kier alpha value is -1.39. The molecule has 5 rings (SSSR count). The van der Waals surface area contributed by atoms with Crippen LogP contribution in [0, 0.1) is 0 Å². The maximum absolute atomic E-state index is 7.22. The second kappa shape index (κ2) is 11.2. The van der Waals surface area contributed by atoms with E-state index >= 15 is 0 Å². The Kier molecular flexibility index (Phi) is 8.12. The van der Waals surface area contributed by atoms with Crippen molar-refractivity contribution in [3.8, 4) is 0 Å². The number of benzene rings is 2. The Morgan fingerprint density at radius 1 is 0.778 bits per heavy atom. The molecule has 0 aromatic heterocycles. The average Bonchev–Trinajstić information content (AvgIpc) is 2.86. The lowest BCUT2D eigenvalue weighted by Crippen LogP contribution is -2.69. The van der Waals surface area contributed by atoms with Gasteiger partial charge in [-0.1, -0.05) is 81.6 Å². The summed E-state index contributed by atoms with van der Waals surface area (Å²) in [4.78, 5) is 14.0. The van der Waals surface area contributed by atoms with E-state index in [0.717, 1.165) is 69.9 Å². The van der Waals surface area contributed by atoms with E-state index in [4.69, 9.17) is 28.9 Å². The summed E-state index contributed by atoms with van der Waals surface area (Å²) < 4.78 is 1.10. The van der Waals surface area contributed by atoms with Crippen molar-refractivity contribution < 1.29 is 0 Å². The van der Waals surface area contributed by atoms with Crippen molar-refractivity contribution in [3.63, 3.8) is 0 Å². The summed E-state index contributed by atoms with van der Waals surface area (Å²) in [6.07, 6.45) is 0.454. The molecule has 7 nitrogen and oxygen atoms in total. The van der Waals surface area contributed by atoms with Gasteiger partial charge in [-0.05, 0) is 23.3 Å². The predicted octanol–water partition coefficient (Wildman–Crippen LogP) is 3.48. The maximum Gasteiger partial charge on any atom is 0.197 e. The van der Waals surface area contributed by atoms with Crippen LogP contribution in [0.25, 0.3) is 0 Å². The first kappa shape index (κ1) is 26.2. The van der Waals surface area contributed by atoms with Gasteiger partial charge >= 0.3 is 0 Å². The molecule has 2 aromatic carbocycles. The predicted molar refractivity (Wildman–Crippen MR) is 151 cm³/mol. The molecular weight excluding hydrogens is 561 g/mol. The van der Waals surface area contributed by atoms with Gasteiger partial charge in [-0.2, -0.15) is 0 Å². The average molecular weight is 595 g/mol. The molecule has 3 heterocycles. The molecular formula is C26H34BrCl2N7. The summed E-state index contributed by atoms with van der Waals surface area (Å²) in [7, 11) is 0. The number of nitrogens with one attached hydrogen (secondary N) is 1. The molecule has 3 N–H and O–H groups in total. The van der Waals surface area contributed by atoms with Crippen LogP contribution in [0.1, 0.15) is 17.5 Å². The number of piperazine rings is 2. The fourth-order valence-electron chi connectivity index (χ4n) is 5.36. The van der Waals surface area contributed by atoms with Crippen LogP contribution in [-0.4, -0.2) is 88.2 Å². The van der Waals surface area contributed by atoms with Crippen molar-refractivity contribution in [1.29, 1.82) is 0 Å². The van der Waals surface area contributed by atoms with Crippen LogP contribution in [0.3, 0.4) is 0 Å². The van der Waals surface area contributed by atoms with Crippen molar-refractivity contribution in [1.82, 2.24) is 24.9 Å². The van der Waals surface area contributed by atoms with Crippen molar-refractivity contribution in [3.05, 3.63) is 70.2 Å². The number of nitrogens with two attached hydrogens (primary N) is 1. The highest BCUT2D eigenvalue weighted by molar-refractivity contribution is 9.10. The summed E-state index contributed by atoms with van der Waals surface area (Å²) >= 11 is 17.9. The van der Waals surface area contributed by atoms with E-state index in [9.17, 15) is 0 Å². The number of aliphatic imine (C=N–C) groups is 1. The standard InChI is InChI=1S/C26H34BrCl2N7/c27-23-8-6-22(7-9-23)19-34-12-16-36(17-13-34)26(29)20-25(28,31-24(30)32-26)35-14-10-33(11-15-35)18-21-4-2-1-3-5-21/h1-9H,10-20H2,(H3,30,31,32). The topological polar surface area (TPSA) is 63.4 Å². The van der Waals surface area contributed by atoms with Crippen LogP contribution >= 0.6 is 39.1 Å². The molecule has 0 saturated carbocycles. The summed E-state index contributed by atoms with van der Waals surface area (Å²) in [5.74, 6) is 0.301. The second-order valence-corrected chi connectivity index (χ2v) is 12.1. The quantitative estimate of drug-likeness (QED) is 0.394. The number of hydrogen-bond donors (Lipinski definition) is 2. The van der Waals surface area contributed by atoms with Gasteiger partial charge in [0.05, 0.1) is 6.42 Å². The number of nitrogens with zero attached hydrogens (tertiary/aromatic N) is 5. The molecule has 3 aliphatic heterocycles. The maximum atomic E-state index is 7.22. The molecule has 2 saturated heterocycles. The molecule has 36 heavy (non-hydrogen) atoms. The summed E-state index contributed by atoms with van der Waals surface area (Å²) in [5.41, 5.74) is 8.90. The Balaban J connectivity index is 1.17. The van der Waals surface area contributed by atoms with E-state index in [1.54, 1.807) is 0 Å². The molecule has 0 aliphatic carbocycles. The van der Waals surface area contributed by atoms with Gasteiger partial charge in [0.15, 0.2) is 16.2 Å². The third-order valence-corrected chi connectivity index (χ3v) is 8.82. The fraction of sp³-hybridized carbons (Fsp3) is 0.500. The third kappa shape index (κ3) is 6.18. The SMILES string of the molecule is NC1=NC(Cl)(N2CCN(Cc3ccccc3)CC2)CC(Cl)(N2CCN(Cc3ccc(Br)cc3)CC2)N1. The molecule has 2 fully saturated rings. The Morgan fingerprint density at radius 3 is 1.89 bits per heavy atom. The van der Waals surface area contributed by atoms with Crippen molar-refractivity contribution >= 4 is 45.1 Å². The molecule has 0 spiro atoms. The van der Waals surface area contributed by atoms with Gasteiger partial charge in [0, 0.05) is 69.9 Å². The van der Waals surface area contributed by atoms with Crippen molar-refractivity contribution in [2.45, 2.75) is 29.8 Å². The van der Waals surface area contributed by atoms with Gasteiger partial charge in [0.1, 0.15) is 0 Å². The van der Waals surface area contributed by atoms with Crippen LogP contribution in [-0.2, 0) is 13.1 Å². The van der Waals surface area contributed by atoms with Crippen LogP contribution in [0.5, 0.6) is 0 Å². The molecule has 0 radical (unpaired) electrons. The van der Waals surface area contributed by atoms with Crippen LogP contribution in [0.15, 0.2) is 64.1 Å². The van der Waals surface area contributed by atoms with E-state index in [1.807, 2.05) is 0 Å². The fourth-order valence-corrected chi connectivity index (χ4v) is 6.60. The summed E-state index contributed by atoms with van der Waals surface area (Å²) in [5, 5.41) is 1.43. The number of guanidine groups is 1. The normalized spacial score (nSPS) is 29.0. The van der Waals surface area contributed by atoms with Gasteiger partial charge in [0.25, 0.3) is 0 Å². The highest BCUT2D eigenvalue weighted by Gasteiger charge is 2.50. The number of hydrogen-bond acceptors (Lipinski definition) is 7. The Morgan fingerprint density at radius 2 is 1.31 bits per heavy atom. The van der Waals surface area contributed by atoms with Crippen LogP contribution < -0.4 is 11.1 Å². The van der Waals surface area contributed by atoms with Gasteiger partial charge in [-0.15, -0.1) is 0 Å². The highest BCUT2D eigenvalue weighted by atomic mass is 79.9. The van der Waals surface area contributed by atoms with Gasteiger partial charge in [0.2, 0.25) is 0 Å². The first-order chi connectivity index (χ1) is 17.3. The largest absolute Gasteiger partial charge is 0.370 e. The zero-order valence-corrected chi connectivity index (χ0v) is 23.5. The smallest absolute Gasteiger partial charge is 0.197 e. The Labute approximate surface area is 232 Å². The van der Waals surface area contributed by atoms with E-state index in [-0.39, 0.29) is 0 Å². The lowest BCUT2D eigenvalue weighted by Gasteiger charge is -2.51. The first-order valence-corrected chi connectivity index (χ1v) is 14.1. The van der Waals surface area contributed by atoms with Gasteiger partial charge < -0.3 is 11.1 Å². The highest BCUT2D eigenvalue weighted by Crippen LogP contribution is 2.40. The molecule has 3 aliphatic rings. The lowest BCUT2D eigenvalue weighted by atomic mass is 10.1. The molecule has 2 unspecified atom stereocenters. The monoisotopic (exact) mass is 593 g/mol. The number of halogens is 3. The van der Waals surface area contributed by atoms with Crippen LogP contribution in [0.2, 0.25) is 0 Å². The summed E-state index contributed by atoms with van der Waals surface area (Å²) in [6, 6.07) is 19.1. The Bertz CT molecular complexity index is 1040. The number of alkyl halides is 2. The zero-order valence-electron chi connectivity index (χ0n) is 20.4. The zero-order chi connectivity index (χ0) is 25.2. The van der Waals surface area contributed by atoms with E-state index in [1.165, 1.54) is 11.1 Å². The molecule has 10 heteroatoms. The third-order valence-electron chi connectivity index (χ3n) is 7.37. The van der Waals surface area contributed by atoms with Crippen LogP contribution in [0.4, 0.5) is 0 Å². The second-order valence-electron chi connectivity index (χ2n) is 9.92. The molecule has 0 bridgehead atoms. The van der Waals surface area contributed by atoms with Crippen molar-refractivity contribution in [2.75, 3.05) is 52.4 Å². The molecule has 0 amide bonds.